The van der Waals surface area contributed by atoms with Crippen LogP contribution in [0.5, 0.6) is 0 Å². The van der Waals surface area contributed by atoms with Gasteiger partial charge in [0.2, 0.25) is 5.91 Å². The highest BCUT2D eigenvalue weighted by molar-refractivity contribution is 5.88. The molecule has 14 heteroatoms. The summed E-state index contributed by atoms with van der Waals surface area (Å²) in [5.41, 5.74) is 1.44. The van der Waals surface area contributed by atoms with E-state index >= 15 is 0 Å². The highest BCUT2D eigenvalue weighted by Crippen LogP contribution is 2.40. The number of aromatic amines is 1. The number of hydrogen-bond acceptors (Lipinski definition) is 12. The van der Waals surface area contributed by atoms with Crippen molar-refractivity contribution in [1.29, 1.82) is 0 Å². The van der Waals surface area contributed by atoms with Gasteiger partial charge in [0.15, 0.2) is 18.3 Å². The second-order valence-corrected chi connectivity index (χ2v) is 9.89. The third-order valence-corrected chi connectivity index (χ3v) is 6.48. The molecule has 1 aliphatic rings. The monoisotopic (exact) mass is 604 g/mol. The quantitative estimate of drug-likeness (QED) is 0.279. The molecule has 2 heterocycles. The zero-order valence-corrected chi connectivity index (χ0v) is 24.8. The molecule has 1 amide bonds. The number of aromatic nitrogens is 1. The average molecular weight is 605 g/mol. The fraction of sp³-hybridized carbons (Fsp3) is 0.517. The fourth-order valence-corrected chi connectivity index (χ4v) is 5.03. The van der Waals surface area contributed by atoms with Crippen LogP contribution < -0.4 is 5.32 Å². The molecule has 0 spiro atoms. The molecule has 6 atom stereocenters. The summed E-state index contributed by atoms with van der Waals surface area (Å²) in [6.45, 7) is 7.17. The molecule has 1 fully saturated rings. The predicted molar refractivity (Wildman–Crippen MR) is 147 cm³/mol. The third-order valence-electron chi connectivity index (χ3n) is 6.48. The maximum Gasteiger partial charge on any atom is 0.328 e. The Kier molecular flexibility index (Phi) is 11.2. The van der Waals surface area contributed by atoms with E-state index in [0.29, 0.717) is 22.2 Å². The molecule has 3 rings (SSSR count). The number of carbonyl (C=O) groups is 6. The molecule has 14 nitrogen and oxygen atoms in total. The van der Waals surface area contributed by atoms with Crippen LogP contribution in [0.3, 0.4) is 0 Å². The van der Waals surface area contributed by atoms with E-state index in [1.165, 1.54) is 13.8 Å². The largest absolute Gasteiger partial charge is 0.464 e. The Labute approximate surface area is 247 Å². The van der Waals surface area contributed by atoms with Crippen LogP contribution in [0, 0.1) is 0 Å². The molecule has 2 aromatic rings. The van der Waals surface area contributed by atoms with Crippen molar-refractivity contribution in [3.05, 3.63) is 35.5 Å². The van der Waals surface area contributed by atoms with Gasteiger partial charge in [0.05, 0.1) is 12.3 Å². The van der Waals surface area contributed by atoms with Gasteiger partial charge in [-0.15, -0.1) is 0 Å². The molecule has 1 saturated heterocycles. The van der Waals surface area contributed by atoms with E-state index in [4.69, 9.17) is 28.4 Å². The number of carbonyl (C=O) groups excluding carboxylic acids is 6. The first-order valence-corrected chi connectivity index (χ1v) is 13.7. The van der Waals surface area contributed by atoms with Crippen molar-refractivity contribution in [3.63, 3.8) is 0 Å². The minimum absolute atomic E-state index is 0.0649. The number of H-pyrrole nitrogens is 1. The van der Waals surface area contributed by atoms with Crippen molar-refractivity contribution in [2.45, 2.75) is 84.5 Å². The second-order valence-electron chi connectivity index (χ2n) is 9.89. The topological polar surface area (TPSA) is 186 Å². The van der Waals surface area contributed by atoms with Gasteiger partial charge in [-0.25, -0.2) is 4.79 Å². The molecule has 1 aromatic carbocycles. The standard InChI is InChI=1S/C29H36N2O12/c1-7-38-29(37)22(30-14(2)32)12-20-19-10-8-9-11-21(19)31-24(20)26-28(42-18(6)36)27(41-17(5)35)25(40-16(4)34)23(43-26)13-39-15(3)33/h8-11,22-23,25-28,31H,7,12-13H2,1-6H3,(H,30,32)/t22?,23-,25-,26-,27+,28-/m1/s1. The van der Waals surface area contributed by atoms with E-state index in [0.717, 1.165) is 20.8 Å². The van der Waals surface area contributed by atoms with E-state index in [2.05, 4.69) is 10.3 Å². The highest BCUT2D eigenvalue weighted by atomic mass is 16.7. The minimum atomic E-state index is -1.39. The van der Waals surface area contributed by atoms with E-state index in [9.17, 15) is 28.8 Å². The Morgan fingerprint density at radius 1 is 0.837 bits per heavy atom. The average Bonchev–Trinajstić information content (AvgIpc) is 3.26. The lowest BCUT2D eigenvalue weighted by atomic mass is 9.90. The van der Waals surface area contributed by atoms with Gasteiger partial charge in [0, 0.05) is 51.9 Å². The number of hydrogen-bond donors (Lipinski definition) is 2. The van der Waals surface area contributed by atoms with E-state index in [-0.39, 0.29) is 13.0 Å². The van der Waals surface area contributed by atoms with E-state index < -0.39 is 78.9 Å². The number of nitrogens with one attached hydrogen (secondary N) is 2. The van der Waals surface area contributed by atoms with E-state index in [1.54, 1.807) is 31.2 Å². The number of fused-ring (bicyclic) bond motifs is 1. The van der Waals surface area contributed by atoms with Gasteiger partial charge in [-0.1, -0.05) is 18.2 Å². The molecule has 1 unspecified atom stereocenters. The molecule has 0 aliphatic carbocycles. The van der Waals surface area contributed by atoms with Crippen molar-refractivity contribution in [3.8, 4) is 0 Å². The summed E-state index contributed by atoms with van der Waals surface area (Å²) < 4.78 is 33.4. The number of esters is 5. The zero-order chi connectivity index (χ0) is 31.8. The lowest BCUT2D eigenvalue weighted by Crippen LogP contribution is -2.59. The van der Waals surface area contributed by atoms with Crippen LogP contribution >= 0.6 is 0 Å². The van der Waals surface area contributed by atoms with Gasteiger partial charge < -0.3 is 38.7 Å². The summed E-state index contributed by atoms with van der Waals surface area (Å²) in [7, 11) is 0. The van der Waals surface area contributed by atoms with Crippen molar-refractivity contribution in [1.82, 2.24) is 10.3 Å². The van der Waals surface area contributed by atoms with Gasteiger partial charge in [0.25, 0.3) is 0 Å². The van der Waals surface area contributed by atoms with Crippen molar-refractivity contribution >= 4 is 46.7 Å². The van der Waals surface area contributed by atoms with Crippen molar-refractivity contribution in [2.75, 3.05) is 13.2 Å². The van der Waals surface area contributed by atoms with Gasteiger partial charge in [-0.2, -0.15) is 0 Å². The Bertz CT molecular complexity index is 1370. The molecule has 1 aliphatic heterocycles. The predicted octanol–water partition coefficient (Wildman–Crippen LogP) is 1.58. The second kappa shape index (κ2) is 14.6. The van der Waals surface area contributed by atoms with E-state index in [1.807, 2.05) is 0 Å². The number of benzene rings is 1. The summed E-state index contributed by atoms with van der Waals surface area (Å²) in [5, 5.41) is 3.27. The van der Waals surface area contributed by atoms with Crippen molar-refractivity contribution in [2.24, 2.45) is 0 Å². The van der Waals surface area contributed by atoms with Crippen LogP contribution in [-0.2, 0) is 63.6 Å². The van der Waals surface area contributed by atoms with Crippen LogP contribution in [0.2, 0.25) is 0 Å². The Balaban J connectivity index is 2.23. The molecule has 0 saturated carbocycles. The maximum absolute atomic E-state index is 12.9. The summed E-state index contributed by atoms with van der Waals surface area (Å²) in [4.78, 5) is 76.5. The molecule has 234 valence electrons. The maximum atomic E-state index is 12.9. The first kappa shape index (κ1) is 33.0. The minimum Gasteiger partial charge on any atom is -0.464 e. The SMILES string of the molecule is CCOC(=O)C(Cc1c([C@H]2O[C@H](COC(C)=O)[C@@H](OC(C)=O)[C@H](OC(C)=O)[C@@H]2OC(C)=O)[nH]c2ccccc12)NC(C)=O. The molecule has 43 heavy (non-hydrogen) atoms. The van der Waals surface area contributed by atoms with Crippen LogP contribution in [-0.4, -0.2) is 84.4 Å². The number of rotatable bonds is 11. The Morgan fingerprint density at radius 2 is 1.44 bits per heavy atom. The highest BCUT2D eigenvalue weighted by Gasteiger charge is 2.53. The zero-order valence-electron chi connectivity index (χ0n) is 24.8. The smallest absolute Gasteiger partial charge is 0.328 e. The Morgan fingerprint density at radius 3 is 2.02 bits per heavy atom. The van der Waals surface area contributed by atoms with Gasteiger partial charge in [-0.3, -0.25) is 24.0 Å². The molecule has 1 aromatic heterocycles. The molecule has 0 bridgehead atoms. The summed E-state index contributed by atoms with van der Waals surface area (Å²) >= 11 is 0. The Hall–Kier alpha value is -4.46. The first-order valence-electron chi connectivity index (χ1n) is 13.7. The first-order chi connectivity index (χ1) is 20.3. The van der Waals surface area contributed by atoms with Crippen LogP contribution in [0.4, 0.5) is 0 Å². The summed E-state index contributed by atoms with van der Waals surface area (Å²) in [5.74, 6) is -4.06. The fourth-order valence-electron chi connectivity index (χ4n) is 5.03. The van der Waals surface area contributed by atoms with Crippen LogP contribution in [0.1, 0.15) is 58.9 Å². The number of para-hydroxylation sites is 1. The normalized spacial score (nSPS) is 22.1. The lowest BCUT2D eigenvalue weighted by Gasteiger charge is -2.44. The summed E-state index contributed by atoms with van der Waals surface area (Å²) in [6, 6.07) is 6.00. The number of ether oxygens (including phenoxy) is 6. The molecule has 2 N–H and O–H groups in total. The van der Waals surface area contributed by atoms with Crippen LogP contribution in [0.15, 0.2) is 24.3 Å². The lowest BCUT2D eigenvalue weighted by molar-refractivity contribution is -0.255. The number of amides is 1. The van der Waals surface area contributed by atoms with Gasteiger partial charge in [-0.05, 0) is 18.6 Å². The van der Waals surface area contributed by atoms with Crippen LogP contribution in [0.25, 0.3) is 10.9 Å². The van der Waals surface area contributed by atoms with Gasteiger partial charge in [0.1, 0.15) is 24.9 Å². The van der Waals surface area contributed by atoms with Gasteiger partial charge >= 0.3 is 29.8 Å². The van der Waals surface area contributed by atoms with Crippen molar-refractivity contribution < 1.29 is 57.2 Å². The summed E-state index contributed by atoms with van der Waals surface area (Å²) in [6.07, 6.45) is -6.55. The molecule has 0 radical (unpaired) electrons. The molecular weight excluding hydrogens is 568 g/mol. The molecular formula is C29H36N2O12. The third kappa shape index (κ3) is 8.53.